The van der Waals surface area contributed by atoms with Gasteiger partial charge in [0.15, 0.2) is 0 Å². The molecule has 2 N–H and O–H groups in total. The van der Waals surface area contributed by atoms with Crippen LogP contribution in [0.4, 0.5) is 0 Å². The van der Waals surface area contributed by atoms with E-state index in [4.69, 9.17) is 0 Å². The molecular formula is C11H20N4O. The second-order valence-corrected chi connectivity index (χ2v) is 4.18. The highest BCUT2D eigenvalue weighted by atomic mass is 16.2. The Labute approximate surface area is 96.2 Å². The number of amides is 1. The van der Waals surface area contributed by atoms with Gasteiger partial charge < -0.3 is 10.6 Å². The smallest absolute Gasteiger partial charge is 0.239 e. The molecule has 1 heterocycles. The fourth-order valence-corrected chi connectivity index (χ4v) is 1.46. The number of likely N-dealkylation sites (N-methyl/N-ethyl adjacent to an activating group) is 1. The maximum atomic E-state index is 11.8. The lowest BCUT2D eigenvalue weighted by molar-refractivity contribution is -0.126. The molecule has 0 atom stereocenters. The third-order valence-corrected chi connectivity index (χ3v) is 2.37. The van der Waals surface area contributed by atoms with E-state index in [-0.39, 0.29) is 5.91 Å². The quantitative estimate of drug-likeness (QED) is 0.735. The SMILES string of the molecule is CCNC(C)(C)C(=O)NCCn1cccn1. The predicted molar refractivity (Wildman–Crippen MR) is 63.0 cm³/mol. The summed E-state index contributed by atoms with van der Waals surface area (Å²) in [7, 11) is 0. The van der Waals surface area contributed by atoms with Crippen LogP contribution >= 0.6 is 0 Å². The third kappa shape index (κ3) is 3.66. The van der Waals surface area contributed by atoms with Crippen LogP contribution in [0.5, 0.6) is 0 Å². The van der Waals surface area contributed by atoms with Crippen LogP contribution in [-0.4, -0.2) is 34.3 Å². The molecule has 0 aliphatic heterocycles. The number of aromatic nitrogens is 2. The first-order chi connectivity index (χ1) is 7.56. The van der Waals surface area contributed by atoms with Crippen molar-refractivity contribution in [2.75, 3.05) is 13.1 Å². The number of carbonyl (C=O) groups excluding carboxylic acids is 1. The summed E-state index contributed by atoms with van der Waals surface area (Å²) in [6, 6.07) is 1.87. The monoisotopic (exact) mass is 224 g/mol. The number of hydrogen-bond acceptors (Lipinski definition) is 3. The van der Waals surface area contributed by atoms with Crippen molar-refractivity contribution in [1.29, 1.82) is 0 Å². The number of hydrogen-bond donors (Lipinski definition) is 2. The summed E-state index contributed by atoms with van der Waals surface area (Å²) < 4.78 is 1.79. The fourth-order valence-electron chi connectivity index (χ4n) is 1.46. The second kappa shape index (κ2) is 5.65. The minimum absolute atomic E-state index is 0.0153. The maximum Gasteiger partial charge on any atom is 0.239 e. The molecule has 0 aliphatic carbocycles. The Hall–Kier alpha value is -1.36. The van der Waals surface area contributed by atoms with Gasteiger partial charge in [-0.05, 0) is 26.5 Å². The van der Waals surface area contributed by atoms with E-state index < -0.39 is 5.54 Å². The molecule has 5 nitrogen and oxygen atoms in total. The standard InChI is InChI=1S/C11H20N4O/c1-4-13-11(2,3)10(16)12-7-9-15-8-5-6-14-15/h5-6,8,13H,4,7,9H2,1-3H3,(H,12,16). The number of carbonyl (C=O) groups is 1. The van der Waals surface area contributed by atoms with Crippen LogP contribution in [0, 0.1) is 0 Å². The van der Waals surface area contributed by atoms with Gasteiger partial charge >= 0.3 is 0 Å². The van der Waals surface area contributed by atoms with Crippen molar-refractivity contribution in [2.45, 2.75) is 32.9 Å². The Balaban J connectivity index is 2.30. The van der Waals surface area contributed by atoms with Crippen LogP contribution in [0.15, 0.2) is 18.5 Å². The summed E-state index contributed by atoms with van der Waals surface area (Å²) in [6.07, 6.45) is 3.60. The first kappa shape index (κ1) is 12.7. The molecule has 1 aromatic heterocycles. The van der Waals surface area contributed by atoms with Gasteiger partial charge in [-0.15, -0.1) is 0 Å². The molecule has 0 fully saturated rings. The Kier molecular flexibility index (Phi) is 4.49. The molecule has 0 unspecified atom stereocenters. The summed E-state index contributed by atoms with van der Waals surface area (Å²) in [5.74, 6) is 0.0153. The van der Waals surface area contributed by atoms with Gasteiger partial charge in [-0.25, -0.2) is 0 Å². The topological polar surface area (TPSA) is 59.0 Å². The molecule has 1 aromatic rings. The highest BCUT2D eigenvalue weighted by molar-refractivity contribution is 5.85. The van der Waals surface area contributed by atoms with E-state index >= 15 is 0 Å². The van der Waals surface area contributed by atoms with Crippen molar-refractivity contribution in [3.8, 4) is 0 Å². The molecule has 90 valence electrons. The molecule has 0 aromatic carbocycles. The minimum Gasteiger partial charge on any atom is -0.353 e. The van der Waals surface area contributed by atoms with Crippen LogP contribution in [0.2, 0.25) is 0 Å². The van der Waals surface area contributed by atoms with E-state index in [9.17, 15) is 4.79 Å². The van der Waals surface area contributed by atoms with Crippen LogP contribution < -0.4 is 10.6 Å². The van der Waals surface area contributed by atoms with E-state index in [0.717, 1.165) is 6.54 Å². The fraction of sp³-hybridized carbons (Fsp3) is 0.636. The average molecular weight is 224 g/mol. The molecule has 0 saturated carbocycles. The van der Waals surface area contributed by atoms with E-state index in [1.54, 1.807) is 10.9 Å². The van der Waals surface area contributed by atoms with Gasteiger partial charge in [-0.1, -0.05) is 6.92 Å². The van der Waals surface area contributed by atoms with Crippen molar-refractivity contribution in [2.24, 2.45) is 0 Å². The number of rotatable bonds is 6. The van der Waals surface area contributed by atoms with E-state index in [2.05, 4.69) is 15.7 Å². The second-order valence-electron chi connectivity index (χ2n) is 4.18. The zero-order chi connectivity index (χ0) is 12.0. The molecule has 1 amide bonds. The molecule has 0 bridgehead atoms. The van der Waals surface area contributed by atoms with Crippen molar-refractivity contribution in [3.05, 3.63) is 18.5 Å². The maximum absolute atomic E-state index is 11.8. The van der Waals surface area contributed by atoms with Crippen LogP contribution in [0.3, 0.4) is 0 Å². The molecule has 16 heavy (non-hydrogen) atoms. The lowest BCUT2D eigenvalue weighted by atomic mass is 10.0. The van der Waals surface area contributed by atoms with Crippen LogP contribution in [-0.2, 0) is 11.3 Å². The molecule has 0 spiro atoms. The Morgan fingerprint density at radius 1 is 1.50 bits per heavy atom. The Morgan fingerprint density at radius 3 is 2.81 bits per heavy atom. The summed E-state index contributed by atoms with van der Waals surface area (Å²) in [5.41, 5.74) is -0.515. The summed E-state index contributed by atoms with van der Waals surface area (Å²) >= 11 is 0. The van der Waals surface area contributed by atoms with E-state index in [0.29, 0.717) is 13.1 Å². The highest BCUT2D eigenvalue weighted by Gasteiger charge is 2.25. The average Bonchev–Trinajstić information content (AvgIpc) is 2.70. The van der Waals surface area contributed by atoms with Crippen molar-refractivity contribution in [3.63, 3.8) is 0 Å². The van der Waals surface area contributed by atoms with Gasteiger partial charge in [0.05, 0.1) is 12.1 Å². The first-order valence-electron chi connectivity index (χ1n) is 5.57. The van der Waals surface area contributed by atoms with Gasteiger partial charge in [-0.3, -0.25) is 9.48 Å². The molecule has 5 heteroatoms. The number of nitrogens with zero attached hydrogens (tertiary/aromatic N) is 2. The summed E-state index contributed by atoms with van der Waals surface area (Å²) in [4.78, 5) is 11.8. The largest absolute Gasteiger partial charge is 0.353 e. The lowest BCUT2D eigenvalue weighted by Crippen LogP contribution is -2.53. The number of nitrogens with one attached hydrogen (secondary N) is 2. The van der Waals surface area contributed by atoms with Crippen LogP contribution in [0.1, 0.15) is 20.8 Å². The molecule has 0 radical (unpaired) electrons. The van der Waals surface area contributed by atoms with Crippen molar-refractivity contribution >= 4 is 5.91 Å². The van der Waals surface area contributed by atoms with Crippen molar-refractivity contribution in [1.82, 2.24) is 20.4 Å². The molecule has 1 rings (SSSR count). The minimum atomic E-state index is -0.515. The van der Waals surface area contributed by atoms with Gasteiger partial charge in [0, 0.05) is 18.9 Å². The Morgan fingerprint density at radius 2 is 2.25 bits per heavy atom. The first-order valence-corrected chi connectivity index (χ1v) is 5.57. The molecule has 0 aliphatic rings. The zero-order valence-electron chi connectivity index (χ0n) is 10.2. The van der Waals surface area contributed by atoms with Gasteiger partial charge in [0.2, 0.25) is 5.91 Å². The summed E-state index contributed by atoms with van der Waals surface area (Å²) in [6.45, 7) is 7.80. The van der Waals surface area contributed by atoms with E-state index in [1.807, 2.05) is 33.0 Å². The van der Waals surface area contributed by atoms with Gasteiger partial charge in [-0.2, -0.15) is 5.10 Å². The summed E-state index contributed by atoms with van der Waals surface area (Å²) in [5, 5.41) is 10.1. The third-order valence-electron chi connectivity index (χ3n) is 2.37. The van der Waals surface area contributed by atoms with Gasteiger partial charge in [0.1, 0.15) is 0 Å². The molecular weight excluding hydrogens is 204 g/mol. The van der Waals surface area contributed by atoms with Crippen LogP contribution in [0.25, 0.3) is 0 Å². The predicted octanol–water partition coefficient (Wildman–Crippen LogP) is 0.387. The van der Waals surface area contributed by atoms with Crippen molar-refractivity contribution < 1.29 is 4.79 Å². The zero-order valence-corrected chi connectivity index (χ0v) is 10.2. The lowest BCUT2D eigenvalue weighted by Gasteiger charge is -2.24. The Bertz CT molecular complexity index is 319. The van der Waals surface area contributed by atoms with E-state index in [1.165, 1.54) is 0 Å². The normalized spacial score (nSPS) is 11.4. The van der Waals surface area contributed by atoms with Gasteiger partial charge in [0.25, 0.3) is 0 Å². The molecule has 0 saturated heterocycles. The highest BCUT2D eigenvalue weighted by Crippen LogP contribution is 2.00.